The first kappa shape index (κ1) is 12.6. The van der Waals surface area contributed by atoms with E-state index in [4.69, 9.17) is 0 Å². The second kappa shape index (κ2) is 6.12. The summed E-state index contributed by atoms with van der Waals surface area (Å²) in [7, 11) is 0. The molecule has 1 N–H and O–H groups in total. The SMILES string of the molecule is c1ccc(-n2ccc(CNCc3ccccn3)n2)cc1. The molecule has 1 aromatic carbocycles. The summed E-state index contributed by atoms with van der Waals surface area (Å²) in [5.41, 5.74) is 3.13. The Morgan fingerprint density at radius 1 is 0.850 bits per heavy atom. The van der Waals surface area contributed by atoms with Gasteiger partial charge in [-0.3, -0.25) is 4.98 Å². The lowest BCUT2D eigenvalue weighted by Crippen LogP contribution is -2.14. The molecule has 20 heavy (non-hydrogen) atoms. The average molecular weight is 264 g/mol. The molecular weight excluding hydrogens is 248 g/mol. The predicted molar refractivity (Wildman–Crippen MR) is 78.3 cm³/mol. The van der Waals surface area contributed by atoms with Crippen LogP contribution in [0.25, 0.3) is 5.69 Å². The summed E-state index contributed by atoms with van der Waals surface area (Å²) in [5, 5.41) is 7.89. The van der Waals surface area contributed by atoms with Gasteiger partial charge < -0.3 is 5.32 Å². The third kappa shape index (κ3) is 3.10. The average Bonchev–Trinajstić information content (AvgIpc) is 2.98. The molecule has 0 fully saturated rings. The topological polar surface area (TPSA) is 42.7 Å². The van der Waals surface area contributed by atoms with Gasteiger partial charge in [-0.05, 0) is 30.3 Å². The Bertz CT molecular complexity index is 647. The third-order valence-electron chi connectivity index (χ3n) is 3.00. The van der Waals surface area contributed by atoms with Crippen molar-refractivity contribution in [3.05, 3.63) is 78.4 Å². The van der Waals surface area contributed by atoms with Gasteiger partial charge in [-0.15, -0.1) is 0 Å². The van der Waals surface area contributed by atoms with E-state index >= 15 is 0 Å². The first-order valence-electron chi connectivity index (χ1n) is 6.62. The van der Waals surface area contributed by atoms with E-state index in [2.05, 4.69) is 15.4 Å². The summed E-state index contributed by atoms with van der Waals surface area (Å²) in [6.07, 6.45) is 3.79. The molecule has 4 heteroatoms. The zero-order chi connectivity index (χ0) is 13.6. The zero-order valence-electron chi connectivity index (χ0n) is 11.1. The molecule has 3 aromatic rings. The van der Waals surface area contributed by atoms with E-state index in [9.17, 15) is 0 Å². The first-order chi connectivity index (χ1) is 9.92. The van der Waals surface area contributed by atoms with E-state index in [1.807, 2.05) is 65.5 Å². The van der Waals surface area contributed by atoms with Crippen molar-refractivity contribution in [3.63, 3.8) is 0 Å². The number of nitrogens with one attached hydrogen (secondary N) is 1. The second-order valence-corrected chi connectivity index (χ2v) is 4.51. The molecule has 0 aliphatic rings. The van der Waals surface area contributed by atoms with Crippen LogP contribution in [0.2, 0.25) is 0 Å². The van der Waals surface area contributed by atoms with Crippen LogP contribution in [-0.4, -0.2) is 14.8 Å². The molecule has 0 aliphatic carbocycles. The van der Waals surface area contributed by atoms with Crippen LogP contribution in [0.15, 0.2) is 67.0 Å². The van der Waals surface area contributed by atoms with Crippen LogP contribution in [0.4, 0.5) is 0 Å². The number of pyridine rings is 1. The van der Waals surface area contributed by atoms with Crippen molar-refractivity contribution in [1.29, 1.82) is 0 Å². The summed E-state index contributed by atoms with van der Waals surface area (Å²) >= 11 is 0. The van der Waals surface area contributed by atoms with Gasteiger partial charge in [0.05, 0.1) is 17.1 Å². The van der Waals surface area contributed by atoms with Gasteiger partial charge in [0.1, 0.15) is 0 Å². The van der Waals surface area contributed by atoms with Crippen LogP contribution < -0.4 is 5.32 Å². The first-order valence-corrected chi connectivity index (χ1v) is 6.62. The van der Waals surface area contributed by atoms with Gasteiger partial charge in [-0.2, -0.15) is 5.10 Å². The molecule has 100 valence electrons. The highest BCUT2D eigenvalue weighted by atomic mass is 15.3. The molecule has 0 spiro atoms. The number of para-hydroxylation sites is 1. The maximum Gasteiger partial charge on any atom is 0.0767 e. The number of rotatable bonds is 5. The fourth-order valence-corrected chi connectivity index (χ4v) is 2.00. The standard InChI is InChI=1S/C16H16N4/c1-2-7-16(8-3-1)20-11-9-15(19-20)13-17-12-14-6-4-5-10-18-14/h1-11,17H,12-13H2. The van der Waals surface area contributed by atoms with Gasteiger partial charge in [0.15, 0.2) is 0 Å². The van der Waals surface area contributed by atoms with Crippen LogP contribution in [0.5, 0.6) is 0 Å². The van der Waals surface area contributed by atoms with E-state index in [0.717, 1.165) is 30.2 Å². The number of benzene rings is 1. The number of hydrogen-bond acceptors (Lipinski definition) is 3. The minimum Gasteiger partial charge on any atom is -0.305 e. The lowest BCUT2D eigenvalue weighted by molar-refractivity contribution is 0.659. The van der Waals surface area contributed by atoms with E-state index in [1.165, 1.54) is 0 Å². The Hall–Kier alpha value is -2.46. The lowest BCUT2D eigenvalue weighted by atomic mass is 10.3. The van der Waals surface area contributed by atoms with Gasteiger partial charge in [0.25, 0.3) is 0 Å². The fourth-order valence-electron chi connectivity index (χ4n) is 2.00. The molecule has 0 atom stereocenters. The minimum atomic E-state index is 0.733. The lowest BCUT2D eigenvalue weighted by Gasteiger charge is -2.02. The van der Waals surface area contributed by atoms with Gasteiger partial charge in [0, 0.05) is 25.5 Å². The molecule has 2 heterocycles. The van der Waals surface area contributed by atoms with E-state index in [0.29, 0.717) is 0 Å². The molecule has 0 bridgehead atoms. The van der Waals surface area contributed by atoms with E-state index in [-0.39, 0.29) is 0 Å². The van der Waals surface area contributed by atoms with Crippen molar-refractivity contribution in [2.24, 2.45) is 0 Å². The summed E-state index contributed by atoms with van der Waals surface area (Å²) in [6.45, 7) is 1.48. The van der Waals surface area contributed by atoms with Gasteiger partial charge in [-0.25, -0.2) is 4.68 Å². The molecule has 0 saturated carbocycles. The normalized spacial score (nSPS) is 10.6. The second-order valence-electron chi connectivity index (χ2n) is 4.51. The van der Waals surface area contributed by atoms with Crippen molar-refractivity contribution in [3.8, 4) is 5.69 Å². The Morgan fingerprint density at radius 3 is 2.45 bits per heavy atom. The van der Waals surface area contributed by atoms with Crippen LogP contribution in [0.3, 0.4) is 0 Å². The monoisotopic (exact) mass is 264 g/mol. The molecule has 4 nitrogen and oxygen atoms in total. The summed E-state index contributed by atoms with van der Waals surface area (Å²) in [4.78, 5) is 4.27. The Kier molecular flexibility index (Phi) is 3.85. The van der Waals surface area contributed by atoms with Crippen LogP contribution >= 0.6 is 0 Å². The summed E-state index contributed by atoms with van der Waals surface area (Å²) in [6, 6.07) is 18.1. The number of nitrogens with zero attached hydrogens (tertiary/aromatic N) is 3. The largest absolute Gasteiger partial charge is 0.305 e. The van der Waals surface area contributed by atoms with Crippen LogP contribution in [0, 0.1) is 0 Å². The highest BCUT2D eigenvalue weighted by molar-refractivity contribution is 5.30. The van der Waals surface area contributed by atoms with Gasteiger partial charge in [-0.1, -0.05) is 24.3 Å². The van der Waals surface area contributed by atoms with Crippen molar-refractivity contribution >= 4 is 0 Å². The molecule has 2 aromatic heterocycles. The molecular formula is C16H16N4. The third-order valence-corrected chi connectivity index (χ3v) is 3.00. The quantitative estimate of drug-likeness (QED) is 0.770. The van der Waals surface area contributed by atoms with Crippen LogP contribution in [-0.2, 0) is 13.1 Å². The summed E-state index contributed by atoms with van der Waals surface area (Å²) < 4.78 is 1.89. The van der Waals surface area contributed by atoms with Gasteiger partial charge >= 0.3 is 0 Å². The smallest absolute Gasteiger partial charge is 0.0767 e. The molecule has 0 saturated heterocycles. The van der Waals surface area contributed by atoms with E-state index in [1.54, 1.807) is 6.20 Å². The number of hydrogen-bond donors (Lipinski definition) is 1. The maximum atomic E-state index is 4.55. The van der Waals surface area contributed by atoms with Crippen LogP contribution in [0.1, 0.15) is 11.4 Å². The Balaban J connectivity index is 1.58. The Labute approximate surface area is 118 Å². The Morgan fingerprint density at radius 2 is 1.65 bits per heavy atom. The van der Waals surface area contributed by atoms with Crippen molar-refractivity contribution < 1.29 is 0 Å². The molecule has 0 aliphatic heterocycles. The fraction of sp³-hybridized carbons (Fsp3) is 0.125. The highest BCUT2D eigenvalue weighted by Crippen LogP contribution is 2.06. The predicted octanol–water partition coefficient (Wildman–Crippen LogP) is 2.56. The maximum absolute atomic E-state index is 4.55. The molecule has 3 rings (SSSR count). The molecule has 0 unspecified atom stereocenters. The molecule has 0 radical (unpaired) electrons. The van der Waals surface area contributed by atoms with E-state index < -0.39 is 0 Å². The number of aromatic nitrogens is 3. The van der Waals surface area contributed by atoms with Gasteiger partial charge in [0.2, 0.25) is 0 Å². The summed E-state index contributed by atoms with van der Waals surface area (Å²) in [5.74, 6) is 0. The molecule has 0 amide bonds. The van der Waals surface area contributed by atoms with Crippen molar-refractivity contribution in [1.82, 2.24) is 20.1 Å². The van der Waals surface area contributed by atoms with Crippen molar-refractivity contribution in [2.75, 3.05) is 0 Å². The zero-order valence-corrected chi connectivity index (χ0v) is 11.1. The van der Waals surface area contributed by atoms with Crippen molar-refractivity contribution in [2.45, 2.75) is 13.1 Å². The minimum absolute atomic E-state index is 0.733. The highest BCUT2D eigenvalue weighted by Gasteiger charge is 2.00.